The second-order valence-corrected chi connectivity index (χ2v) is 8.77. The van der Waals surface area contributed by atoms with E-state index in [1.165, 1.54) is 10.4 Å². The molecule has 1 N–H and O–H groups in total. The number of hydrogen-bond acceptors (Lipinski definition) is 3. The quantitative estimate of drug-likeness (QED) is 0.677. The predicted octanol–water partition coefficient (Wildman–Crippen LogP) is 4.83. The molecule has 0 unspecified atom stereocenters. The third kappa shape index (κ3) is 6.06. The number of amides is 1. The Morgan fingerprint density at radius 2 is 1.65 bits per heavy atom. The molecule has 2 aromatic rings. The molecule has 1 amide bonds. The molecule has 0 bridgehead atoms. The summed E-state index contributed by atoms with van der Waals surface area (Å²) in [6, 6.07) is 11.2. The van der Waals surface area contributed by atoms with E-state index < -0.39 is 10.0 Å². The second-order valence-electron chi connectivity index (χ2n) is 5.59. The maximum Gasteiger partial charge on any atom is 0.232 e. The Kier molecular flexibility index (Phi) is 7.17. The molecule has 0 aliphatic rings. The Bertz CT molecular complexity index is 887. The predicted molar refractivity (Wildman–Crippen MR) is 108 cm³/mol. The minimum atomic E-state index is -3.48. The van der Waals surface area contributed by atoms with Crippen molar-refractivity contribution in [2.45, 2.75) is 12.8 Å². The summed E-state index contributed by atoms with van der Waals surface area (Å²) in [5.74, 6) is -0.265. The molecular weight excluding hydrogens is 419 g/mol. The minimum absolute atomic E-state index is 0.137. The number of carbonyl (C=O) groups is 1. The Labute approximate surface area is 167 Å². The molecule has 0 aromatic heterocycles. The van der Waals surface area contributed by atoms with Gasteiger partial charge in [0.05, 0.1) is 22.7 Å². The third-order valence-electron chi connectivity index (χ3n) is 3.49. The Hall–Kier alpha value is -1.47. The van der Waals surface area contributed by atoms with Crippen LogP contribution in [0.2, 0.25) is 15.1 Å². The van der Waals surface area contributed by atoms with Gasteiger partial charge in [-0.1, -0.05) is 34.8 Å². The second kappa shape index (κ2) is 8.95. The molecule has 2 rings (SSSR count). The van der Waals surface area contributed by atoms with Crippen LogP contribution in [-0.2, 0) is 14.8 Å². The van der Waals surface area contributed by atoms with Gasteiger partial charge in [0.25, 0.3) is 0 Å². The molecule has 5 nitrogen and oxygen atoms in total. The van der Waals surface area contributed by atoms with E-state index in [4.69, 9.17) is 34.8 Å². The van der Waals surface area contributed by atoms with Gasteiger partial charge in [0.2, 0.25) is 15.9 Å². The van der Waals surface area contributed by atoms with Crippen molar-refractivity contribution < 1.29 is 13.2 Å². The van der Waals surface area contributed by atoms with Gasteiger partial charge in [-0.2, -0.15) is 0 Å². The molecular formula is C17H17Cl3N2O3S. The van der Waals surface area contributed by atoms with Crippen LogP contribution in [0.1, 0.15) is 12.8 Å². The average molecular weight is 436 g/mol. The number of halogens is 3. The minimum Gasteiger partial charge on any atom is -0.325 e. The summed E-state index contributed by atoms with van der Waals surface area (Å²) in [6.45, 7) is 0.169. The van der Waals surface area contributed by atoms with E-state index in [1.807, 2.05) is 0 Å². The molecule has 0 saturated carbocycles. The monoisotopic (exact) mass is 434 g/mol. The van der Waals surface area contributed by atoms with Crippen molar-refractivity contribution in [3.05, 3.63) is 57.5 Å². The molecule has 0 saturated heterocycles. The van der Waals surface area contributed by atoms with Gasteiger partial charge in [0.1, 0.15) is 0 Å². The SMILES string of the molecule is CS(=O)(=O)N(CCCC(=O)Nc1ccc(Cl)cc1Cl)c1ccc(Cl)cc1. The maximum atomic E-state index is 12.1. The van der Waals surface area contributed by atoms with Crippen LogP contribution in [0.5, 0.6) is 0 Å². The number of nitrogens with zero attached hydrogens (tertiary/aromatic N) is 1. The lowest BCUT2D eigenvalue weighted by atomic mass is 10.2. The van der Waals surface area contributed by atoms with Crippen molar-refractivity contribution in [1.82, 2.24) is 0 Å². The number of sulfonamides is 1. The van der Waals surface area contributed by atoms with Crippen LogP contribution in [-0.4, -0.2) is 27.1 Å². The molecule has 0 radical (unpaired) electrons. The van der Waals surface area contributed by atoms with E-state index in [2.05, 4.69) is 5.32 Å². The van der Waals surface area contributed by atoms with Crippen molar-refractivity contribution in [2.24, 2.45) is 0 Å². The highest BCUT2D eigenvalue weighted by atomic mass is 35.5. The molecule has 2 aromatic carbocycles. The van der Waals surface area contributed by atoms with Crippen LogP contribution in [0, 0.1) is 0 Å². The zero-order valence-electron chi connectivity index (χ0n) is 13.9. The van der Waals surface area contributed by atoms with Crippen molar-refractivity contribution in [2.75, 3.05) is 22.4 Å². The summed E-state index contributed by atoms with van der Waals surface area (Å²) >= 11 is 17.7. The fourth-order valence-electron chi connectivity index (χ4n) is 2.28. The summed E-state index contributed by atoms with van der Waals surface area (Å²) in [7, 11) is -3.48. The van der Waals surface area contributed by atoms with Crippen molar-refractivity contribution in [3.63, 3.8) is 0 Å². The van der Waals surface area contributed by atoms with Gasteiger partial charge in [-0.15, -0.1) is 0 Å². The molecule has 26 heavy (non-hydrogen) atoms. The van der Waals surface area contributed by atoms with Crippen LogP contribution in [0.4, 0.5) is 11.4 Å². The highest BCUT2D eigenvalue weighted by Crippen LogP contribution is 2.26. The van der Waals surface area contributed by atoms with Crippen molar-refractivity contribution in [1.29, 1.82) is 0 Å². The lowest BCUT2D eigenvalue weighted by molar-refractivity contribution is -0.116. The van der Waals surface area contributed by atoms with Gasteiger partial charge < -0.3 is 5.32 Å². The first kappa shape index (κ1) is 20.8. The van der Waals surface area contributed by atoms with E-state index >= 15 is 0 Å². The number of nitrogens with one attached hydrogen (secondary N) is 1. The molecule has 0 heterocycles. The van der Waals surface area contributed by atoms with Crippen molar-refractivity contribution in [3.8, 4) is 0 Å². The van der Waals surface area contributed by atoms with E-state index in [-0.39, 0.29) is 18.9 Å². The van der Waals surface area contributed by atoms with E-state index in [1.54, 1.807) is 36.4 Å². The summed E-state index contributed by atoms with van der Waals surface area (Å²) < 4.78 is 25.3. The van der Waals surface area contributed by atoms with Crippen LogP contribution < -0.4 is 9.62 Å². The van der Waals surface area contributed by atoms with E-state index in [0.29, 0.717) is 32.9 Å². The first-order chi connectivity index (χ1) is 12.2. The van der Waals surface area contributed by atoms with Crippen LogP contribution in [0.25, 0.3) is 0 Å². The van der Waals surface area contributed by atoms with Gasteiger partial charge in [0.15, 0.2) is 0 Å². The molecule has 9 heteroatoms. The van der Waals surface area contributed by atoms with E-state index in [0.717, 1.165) is 6.26 Å². The summed E-state index contributed by atoms with van der Waals surface area (Å²) in [4.78, 5) is 12.1. The summed E-state index contributed by atoms with van der Waals surface area (Å²) in [6.07, 6.45) is 1.60. The molecule has 0 atom stereocenters. The Morgan fingerprint density at radius 3 is 2.23 bits per heavy atom. The van der Waals surface area contributed by atoms with Gasteiger partial charge in [-0.05, 0) is 48.9 Å². The normalized spacial score (nSPS) is 11.2. The number of carbonyl (C=O) groups excluding carboxylic acids is 1. The van der Waals surface area contributed by atoms with Crippen LogP contribution >= 0.6 is 34.8 Å². The highest BCUT2D eigenvalue weighted by Gasteiger charge is 2.17. The Morgan fingerprint density at radius 1 is 1.04 bits per heavy atom. The third-order valence-corrected chi connectivity index (χ3v) is 5.48. The lowest BCUT2D eigenvalue weighted by Gasteiger charge is -2.22. The molecule has 140 valence electrons. The lowest BCUT2D eigenvalue weighted by Crippen LogP contribution is -2.31. The summed E-state index contributed by atoms with van der Waals surface area (Å²) in [5.41, 5.74) is 0.955. The Balaban J connectivity index is 1.96. The maximum absolute atomic E-state index is 12.1. The highest BCUT2D eigenvalue weighted by molar-refractivity contribution is 7.92. The molecule has 0 aliphatic heterocycles. The van der Waals surface area contributed by atoms with Crippen LogP contribution in [0.15, 0.2) is 42.5 Å². The van der Waals surface area contributed by atoms with E-state index in [9.17, 15) is 13.2 Å². The number of anilines is 2. The fraction of sp³-hybridized carbons (Fsp3) is 0.235. The number of benzene rings is 2. The van der Waals surface area contributed by atoms with Gasteiger partial charge in [-0.25, -0.2) is 8.42 Å². The smallest absolute Gasteiger partial charge is 0.232 e. The van der Waals surface area contributed by atoms with Crippen molar-refractivity contribution >= 4 is 62.1 Å². The van der Waals surface area contributed by atoms with Gasteiger partial charge in [-0.3, -0.25) is 9.10 Å². The fourth-order valence-corrected chi connectivity index (χ4v) is 3.83. The molecule has 0 spiro atoms. The van der Waals surface area contributed by atoms with Crippen LogP contribution in [0.3, 0.4) is 0 Å². The molecule has 0 aliphatic carbocycles. The standard InChI is InChI=1S/C17H17Cl3N2O3S/c1-26(24,25)22(14-7-4-12(18)5-8-14)10-2-3-17(23)21-16-9-6-13(19)11-15(16)20/h4-9,11H,2-3,10H2,1H3,(H,21,23). The summed E-state index contributed by atoms with van der Waals surface area (Å²) in [5, 5.41) is 4.01. The largest absolute Gasteiger partial charge is 0.325 e. The first-order valence-corrected chi connectivity index (χ1v) is 10.6. The zero-order chi connectivity index (χ0) is 19.3. The topological polar surface area (TPSA) is 66.5 Å². The average Bonchev–Trinajstić information content (AvgIpc) is 2.54. The van der Waals surface area contributed by atoms with Gasteiger partial charge in [0, 0.05) is 23.0 Å². The van der Waals surface area contributed by atoms with Gasteiger partial charge >= 0.3 is 0 Å². The first-order valence-electron chi connectivity index (χ1n) is 7.65. The number of hydrogen-bond donors (Lipinski definition) is 1. The zero-order valence-corrected chi connectivity index (χ0v) is 17.0. The molecule has 0 fully saturated rings. The number of rotatable bonds is 7.